The first-order valence-electron chi connectivity index (χ1n) is 10.2. The fourth-order valence-electron chi connectivity index (χ4n) is 3.96. The standard InChI is InChI=1S/C21H32N4O3/c1-17(18-7-3-4-8-19(18)28-2)22-20(26)15-23-11-13-24(14-12-23)16-21(27)25-9-5-6-10-25/h3-4,7-8,17H,5-6,9-16H2,1-2H3,(H,22,26). The van der Waals surface area contributed by atoms with Crippen LogP contribution in [-0.4, -0.2) is 86.0 Å². The van der Waals surface area contributed by atoms with Crippen molar-refractivity contribution in [2.75, 3.05) is 59.5 Å². The summed E-state index contributed by atoms with van der Waals surface area (Å²) in [5.41, 5.74) is 0.976. The Bertz CT molecular complexity index is 667. The number of nitrogens with one attached hydrogen (secondary N) is 1. The van der Waals surface area contributed by atoms with Gasteiger partial charge < -0.3 is 15.0 Å². The highest BCUT2D eigenvalue weighted by atomic mass is 16.5. The minimum absolute atomic E-state index is 0.0139. The molecule has 7 nitrogen and oxygen atoms in total. The fourth-order valence-corrected chi connectivity index (χ4v) is 3.96. The predicted molar refractivity (Wildman–Crippen MR) is 108 cm³/mol. The number of carbonyl (C=O) groups excluding carboxylic acids is 2. The van der Waals surface area contributed by atoms with E-state index in [2.05, 4.69) is 15.1 Å². The minimum atomic E-state index is -0.108. The third kappa shape index (κ3) is 5.45. The molecule has 0 radical (unpaired) electrons. The fraction of sp³-hybridized carbons (Fsp3) is 0.619. The monoisotopic (exact) mass is 388 g/mol. The van der Waals surface area contributed by atoms with Crippen molar-refractivity contribution in [1.29, 1.82) is 0 Å². The highest BCUT2D eigenvalue weighted by Gasteiger charge is 2.24. The van der Waals surface area contributed by atoms with Gasteiger partial charge in [-0.05, 0) is 25.8 Å². The molecule has 28 heavy (non-hydrogen) atoms. The zero-order valence-corrected chi connectivity index (χ0v) is 17.0. The quantitative estimate of drug-likeness (QED) is 0.758. The number of ether oxygens (including phenoxy) is 1. The minimum Gasteiger partial charge on any atom is -0.496 e. The van der Waals surface area contributed by atoms with Crippen LogP contribution in [0.1, 0.15) is 31.4 Å². The van der Waals surface area contributed by atoms with Gasteiger partial charge in [0.05, 0.1) is 26.2 Å². The zero-order valence-electron chi connectivity index (χ0n) is 17.0. The van der Waals surface area contributed by atoms with Gasteiger partial charge in [0, 0.05) is 44.8 Å². The lowest BCUT2D eigenvalue weighted by atomic mass is 10.1. The summed E-state index contributed by atoms with van der Waals surface area (Å²) in [7, 11) is 1.64. The van der Waals surface area contributed by atoms with E-state index in [1.807, 2.05) is 36.1 Å². The van der Waals surface area contributed by atoms with Crippen LogP contribution in [0.4, 0.5) is 0 Å². The van der Waals surface area contributed by atoms with E-state index in [1.54, 1.807) is 7.11 Å². The van der Waals surface area contributed by atoms with E-state index in [-0.39, 0.29) is 17.9 Å². The number of hydrogen-bond acceptors (Lipinski definition) is 5. The second-order valence-corrected chi connectivity index (χ2v) is 7.67. The molecule has 7 heteroatoms. The molecule has 0 bridgehead atoms. The average Bonchev–Trinajstić information content (AvgIpc) is 3.24. The van der Waals surface area contributed by atoms with Crippen molar-refractivity contribution in [2.24, 2.45) is 0 Å². The van der Waals surface area contributed by atoms with Crippen LogP contribution in [0, 0.1) is 0 Å². The SMILES string of the molecule is COc1ccccc1C(C)NC(=O)CN1CCN(CC(=O)N2CCCC2)CC1. The van der Waals surface area contributed by atoms with Crippen molar-refractivity contribution in [1.82, 2.24) is 20.0 Å². The molecule has 154 valence electrons. The Morgan fingerprint density at radius 1 is 1.00 bits per heavy atom. The molecule has 0 aliphatic carbocycles. The number of hydrogen-bond donors (Lipinski definition) is 1. The number of likely N-dealkylation sites (tertiary alicyclic amines) is 1. The first kappa shape index (κ1) is 20.6. The van der Waals surface area contributed by atoms with Crippen molar-refractivity contribution in [3.8, 4) is 5.75 Å². The molecule has 1 atom stereocenters. The van der Waals surface area contributed by atoms with E-state index in [9.17, 15) is 9.59 Å². The summed E-state index contributed by atoms with van der Waals surface area (Å²) < 4.78 is 5.38. The molecule has 0 spiro atoms. The Kier molecular flexibility index (Phi) is 7.28. The highest BCUT2D eigenvalue weighted by molar-refractivity contribution is 5.79. The van der Waals surface area contributed by atoms with Gasteiger partial charge in [-0.3, -0.25) is 19.4 Å². The molecule has 2 amide bonds. The van der Waals surface area contributed by atoms with E-state index in [0.29, 0.717) is 13.1 Å². The van der Waals surface area contributed by atoms with E-state index >= 15 is 0 Å². The van der Waals surface area contributed by atoms with Crippen molar-refractivity contribution in [2.45, 2.75) is 25.8 Å². The van der Waals surface area contributed by atoms with Crippen LogP contribution in [0.3, 0.4) is 0 Å². The Morgan fingerprint density at radius 3 is 2.25 bits per heavy atom. The van der Waals surface area contributed by atoms with E-state index in [4.69, 9.17) is 4.74 Å². The molecule has 1 aromatic carbocycles. The topological polar surface area (TPSA) is 65.1 Å². The molecule has 1 aromatic rings. The van der Waals surface area contributed by atoms with Crippen LogP contribution in [0.15, 0.2) is 24.3 Å². The van der Waals surface area contributed by atoms with Crippen LogP contribution in [0.25, 0.3) is 0 Å². The Balaban J connectivity index is 1.40. The smallest absolute Gasteiger partial charge is 0.236 e. The number of para-hydroxylation sites is 1. The number of rotatable bonds is 7. The van der Waals surface area contributed by atoms with Crippen molar-refractivity contribution in [3.63, 3.8) is 0 Å². The number of piperazine rings is 1. The van der Waals surface area contributed by atoms with Gasteiger partial charge in [0.25, 0.3) is 0 Å². The average molecular weight is 389 g/mol. The largest absolute Gasteiger partial charge is 0.496 e. The molecule has 2 fully saturated rings. The van der Waals surface area contributed by atoms with Gasteiger partial charge in [-0.2, -0.15) is 0 Å². The van der Waals surface area contributed by atoms with Gasteiger partial charge in [0.15, 0.2) is 0 Å². The van der Waals surface area contributed by atoms with Crippen LogP contribution < -0.4 is 10.1 Å². The predicted octanol–water partition coefficient (Wildman–Crippen LogP) is 1.11. The maximum atomic E-state index is 12.5. The summed E-state index contributed by atoms with van der Waals surface area (Å²) in [5.74, 6) is 1.04. The van der Waals surface area contributed by atoms with Gasteiger partial charge in [0.1, 0.15) is 5.75 Å². The van der Waals surface area contributed by atoms with Crippen LogP contribution >= 0.6 is 0 Å². The molecular weight excluding hydrogens is 356 g/mol. The second-order valence-electron chi connectivity index (χ2n) is 7.67. The molecule has 2 saturated heterocycles. The van der Waals surface area contributed by atoms with Crippen LogP contribution in [-0.2, 0) is 9.59 Å². The number of nitrogens with zero attached hydrogens (tertiary/aromatic N) is 3. The molecule has 2 aliphatic rings. The summed E-state index contributed by atoms with van der Waals surface area (Å²) in [5, 5.41) is 3.06. The van der Waals surface area contributed by atoms with E-state index in [0.717, 1.165) is 63.4 Å². The molecule has 0 aromatic heterocycles. The van der Waals surface area contributed by atoms with Gasteiger partial charge in [-0.1, -0.05) is 18.2 Å². The Morgan fingerprint density at radius 2 is 1.61 bits per heavy atom. The molecule has 1 unspecified atom stereocenters. The van der Waals surface area contributed by atoms with Gasteiger partial charge in [-0.15, -0.1) is 0 Å². The van der Waals surface area contributed by atoms with Gasteiger partial charge in [-0.25, -0.2) is 0 Å². The highest BCUT2D eigenvalue weighted by Crippen LogP contribution is 2.24. The lowest BCUT2D eigenvalue weighted by Crippen LogP contribution is -2.51. The van der Waals surface area contributed by atoms with Crippen molar-refractivity contribution >= 4 is 11.8 Å². The lowest BCUT2D eigenvalue weighted by molar-refractivity contribution is -0.132. The summed E-state index contributed by atoms with van der Waals surface area (Å²) in [6, 6.07) is 7.64. The summed E-state index contributed by atoms with van der Waals surface area (Å²) in [6.07, 6.45) is 2.25. The first-order valence-corrected chi connectivity index (χ1v) is 10.2. The van der Waals surface area contributed by atoms with Gasteiger partial charge >= 0.3 is 0 Å². The van der Waals surface area contributed by atoms with Gasteiger partial charge in [0.2, 0.25) is 11.8 Å². The van der Waals surface area contributed by atoms with E-state index < -0.39 is 0 Å². The number of methoxy groups -OCH3 is 1. The number of carbonyl (C=O) groups is 2. The summed E-state index contributed by atoms with van der Waals surface area (Å²) in [6.45, 7) is 7.94. The Hall–Kier alpha value is -2.12. The summed E-state index contributed by atoms with van der Waals surface area (Å²) in [4.78, 5) is 31.1. The molecular formula is C21H32N4O3. The third-order valence-corrected chi connectivity index (χ3v) is 5.63. The van der Waals surface area contributed by atoms with E-state index in [1.165, 1.54) is 0 Å². The molecule has 1 N–H and O–H groups in total. The number of amides is 2. The van der Waals surface area contributed by atoms with Crippen LogP contribution in [0.2, 0.25) is 0 Å². The lowest BCUT2D eigenvalue weighted by Gasteiger charge is -2.34. The summed E-state index contributed by atoms with van der Waals surface area (Å²) >= 11 is 0. The molecule has 3 rings (SSSR count). The molecule has 2 aliphatic heterocycles. The normalized spacial score (nSPS) is 19.4. The zero-order chi connectivity index (χ0) is 19.9. The second kappa shape index (κ2) is 9.89. The van der Waals surface area contributed by atoms with Crippen molar-refractivity contribution in [3.05, 3.63) is 29.8 Å². The number of benzene rings is 1. The first-order chi connectivity index (χ1) is 13.6. The Labute approximate surface area is 167 Å². The molecule has 0 saturated carbocycles. The van der Waals surface area contributed by atoms with Crippen LogP contribution in [0.5, 0.6) is 5.75 Å². The third-order valence-electron chi connectivity index (χ3n) is 5.63. The molecule has 2 heterocycles. The maximum absolute atomic E-state index is 12.5. The maximum Gasteiger partial charge on any atom is 0.236 e. The van der Waals surface area contributed by atoms with Crippen molar-refractivity contribution < 1.29 is 14.3 Å².